The van der Waals surface area contributed by atoms with Crippen molar-refractivity contribution >= 4 is 33.5 Å². The zero-order valence-corrected chi connectivity index (χ0v) is 17.1. The van der Waals surface area contributed by atoms with Crippen molar-refractivity contribution in [1.82, 2.24) is 9.62 Å². The molecule has 26 heavy (non-hydrogen) atoms. The lowest BCUT2D eigenvalue weighted by Crippen LogP contribution is -2.45. The van der Waals surface area contributed by atoms with Gasteiger partial charge in [0.2, 0.25) is 10.0 Å². The van der Waals surface area contributed by atoms with E-state index >= 15 is 0 Å². The molecule has 0 aromatic heterocycles. The first-order chi connectivity index (χ1) is 12.0. The second-order valence-electron chi connectivity index (χ2n) is 6.40. The molecule has 0 unspecified atom stereocenters. The third-order valence-corrected chi connectivity index (χ3v) is 5.30. The Hall–Kier alpha value is -1.64. The molecule has 0 bridgehead atoms. The molecule has 1 atom stereocenters. The summed E-state index contributed by atoms with van der Waals surface area (Å²) in [6.45, 7) is 8.35. The lowest BCUT2D eigenvalue weighted by molar-refractivity contribution is -0.154. The van der Waals surface area contributed by atoms with Gasteiger partial charge < -0.3 is 9.64 Å². The van der Waals surface area contributed by atoms with E-state index in [9.17, 15) is 18.0 Å². The summed E-state index contributed by atoms with van der Waals surface area (Å²) < 4.78 is 31.7. The van der Waals surface area contributed by atoms with Crippen LogP contribution in [-0.2, 0) is 24.3 Å². The molecule has 0 heterocycles. The van der Waals surface area contributed by atoms with Crippen molar-refractivity contribution in [2.45, 2.75) is 57.6 Å². The van der Waals surface area contributed by atoms with Gasteiger partial charge in [-0.1, -0.05) is 17.7 Å². The van der Waals surface area contributed by atoms with Gasteiger partial charge in [0.15, 0.2) is 6.61 Å². The predicted octanol–water partition coefficient (Wildman–Crippen LogP) is 2.20. The number of ether oxygens (including phenoxy) is 1. The van der Waals surface area contributed by atoms with Gasteiger partial charge in [0.25, 0.3) is 5.91 Å². The maximum Gasteiger partial charge on any atom is 0.324 e. The highest BCUT2D eigenvalue weighted by Crippen LogP contribution is 2.15. The number of rotatable bonds is 8. The average molecular weight is 405 g/mol. The van der Waals surface area contributed by atoms with Crippen molar-refractivity contribution in [3.63, 3.8) is 0 Å². The fourth-order valence-corrected chi connectivity index (χ4v) is 3.98. The molecule has 0 saturated heterocycles. The maximum atomic E-state index is 12.3. The van der Waals surface area contributed by atoms with Gasteiger partial charge in [-0.2, -0.15) is 4.72 Å². The molecule has 146 valence electrons. The van der Waals surface area contributed by atoms with Crippen LogP contribution in [0.5, 0.6) is 0 Å². The molecular weight excluding hydrogens is 380 g/mol. The van der Waals surface area contributed by atoms with Gasteiger partial charge in [-0.05, 0) is 52.8 Å². The van der Waals surface area contributed by atoms with Gasteiger partial charge >= 0.3 is 5.97 Å². The third-order valence-electron chi connectivity index (χ3n) is 3.53. The Labute approximate surface area is 159 Å². The van der Waals surface area contributed by atoms with Crippen LogP contribution in [0.1, 0.15) is 34.6 Å². The Morgan fingerprint density at radius 2 is 1.73 bits per heavy atom. The fraction of sp³-hybridized carbons (Fsp3) is 0.529. The molecule has 1 aromatic carbocycles. The van der Waals surface area contributed by atoms with Gasteiger partial charge in [0, 0.05) is 17.1 Å². The van der Waals surface area contributed by atoms with E-state index < -0.39 is 28.6 Å². The summed E-state index contributed by atoms with van der Waals surface area (Å²) in [5.41, 5.74) is 0. The largest absolute Gasteiger partial charge is 0.454 e. The van der Waals surface area contributed by atoms with Gasteiger partial charge in [-0.3, -0.25) is 9.59 Å². The highest BCUT2D eigenvalue weighted by atomic mass is 35.5. The van der Waals surface area contributed by atoms with Crippen LogP contribution in [0.3, 0.4) is 0 Å². The molecule has 7 nitrogen and oxygen atoms in total. The summed E-state index contributed by atoms with van der Waals surface area (Å²) in [5, 5.41) is 0.260. The normalized spacial score (nSPS) is 12.9. The number of hydrogen-bond donors (Lipinski definition) is 1. The molecule has 0 spiro atoms. The number of nitrogens with one attached hydrogen (secondary N) is 1. The Kier molecular flexibility index (Phi) is 8.05. The van der Waals surface area contributed by atoms with Crippen LogP contribution in [-0.4, -0.2) is 49.9 Å². The summed E-state index contributed by atoms with van der Waals surface area (Å²) in [4.78, 5) is 25.8. The second-order valence-corrected chi connectivity index (χ2v) is 8.55. The number of esters is 1. The van der Waals surface area contributed by atoms with Gasteiger partial charge in [-0.25, -0.2) is 8.42 Å². The van der Waals surface area contributed by atoms with Crippen LogP contribution in [0, 0.1) is 0 Å². The van der Waals surface area contributed by atoms with Crippen molar-refractivity contribution < 1.29 is 22.7 Å². The number of carbonyl (C=O) groups excluding carboxylic acids is 2. The first kappa shape index (κ1) is 22.4. The van der Waals surface area contributed by atoms with Crippen LogP contribution in [0.25, 0.3) is 0 Å². The zero-order chi connectivity index (χ0) is 20.1. The van der Waals surface area contributed by atoms with Crippen LogP contribution in [0.4, 0.5) is 0 Å². The first-order valence-electron chi connectivity index (χ1n) is 8.21. The van der Waals surface area contributed by atoms with Crippen LogP contribution in [0.2, 0.25) is 5.02 Å². The van der Waals surface area contributed by atoms with E-state index in [1.54, 1.807) is 11.0 Å². The number of sulfonamides is 1. The standard InChI is InChI=1S/C17H25ClN2O5S/c1-11(2)20(12(3)4)16(21)10-25-17(22)13(5)19-26(23,24)15-8-6-7-14(18)9-15/h6-9,11-13,19H,10H2,1-5H3/t13-/m0/s1. The van der Waals surface area contributed by atoms with E-state index in [0.717, 1.165) is 0 Å². The Balaban J connectivity index is 2.69. The lowest BCUT2D eigenvalue weighted by atomic mass is 10.2. The molecule has 1 amide bonds. The Bertz CT molecular complexity index is 741. The highest BCUT2D eigenvalue weighted by molar-refractivity contribution is 7.89. The van der Waals surface area contributed by atoms with Crippen LogP contribution in [0.15, 0.2) is 29.2 Å². The van der Waals surface area contributed by atoms with Gasteiger partial charge in [-0.15, -0.1) is 0 Å². The SMILES string of the molecule is CC(C)N(C(=O)COC(=O)[C@H](C)NS(=O)(=O)c1cccc(Cl)c1)C(C)C. The molecule has 0 radical (unpaired) electrons. The van der Waals surface area contributed by atoms with Gasteiger partial charge in [0.1, 0.15) is 6.04 Å². The fourth-order valence-electron chi connectivity index (χ4n) is 2.49. The van der Waals surface area contributed by atoms with E-state index in [0.29, 0.717) is 0 Å². The van der Waals surface area contributed by atoms with Crippen LogP contribution < -0.4 is 4.72 Å². The number of nitrogens with zero attached hydrogens (tertiary/aromatic N) is 1. The van der Waals surface area contributed by atoms with Crippen molar-refractivity contribution in [2.24, 2.45) is 0 Å². The molecule has 1 N–H and O–H groups in total. The number of hydrogen-bond acceptors (Lipinski definition) is 5. The minimum Gasteiger partial charge on any atom is -0.454 e. The first-order valence-corrected chi connectivity index (χ1v) is 10.1. The van der Waals surface area contributed by atoms with E-state index in [1.165, 1.54) is 25.1 Å². The number of halogens is 1. The van der Waals surface area contributed by atoms with E-state index in [1.807, 2.05) is 27.7 Å². The smallest absolute Gasteiger partial charge is 0.324 e. The average Bonchev–Trinajstić information content (AvgIpc) is 2.51. The molecule has 9 heteroatoms. The van der Waals surface area contributed by atoms with Crippen LogP contribution >= 0.6 is 11.6 Å². The molecule has 0 aliphatic heterocycles. The minimum atomic E-state index is -3.94. The molecule has 0 aliphatic rings. The number of benzene rings is 1. The van der Waals surface area contributed by atoms with Crippen molar-refractivity contribution in [3.05, 3.63) is 29.3 Å². The van der Waals surface area contributed by atoms with E-state index in [2.05, 4.69) is 4.72 Å². The summed E-state index contributed by atoms with van der Waals surface area (Å²) >= 11 is 5.79. The quantitative estimate of drug-likeness (QED) is 0.670. The van der Waals surface area contributed by atoms with Crippen molar-refractivity contribution in [3.8, 4) is 0 Å². The molecule has 0 aliphatic carbocycles. The van der Waals surface area contributed by atoms with Crippen molar-refractivity contribution in [1.29, 1.82) is 0 Å². The second kappa shape index (κ2) is 9.34. The zero-order valence-electron chi connectivity index (χ0n) is 15.5. The number of amides is 1. The molecular formula is C17H25ClN2O5S. The maximum absolute atomic E-state index is 12.3. The monoisotopic (exact) mass is 404 g/mol. The van der Waals surface area contributed by atoms with E-state index in [4.69, 9.17) is 16.3 Å². The number of carbonyl (C=O) groups is 2. The Morgan fingerprint density at radius 3 is 2.23 bits per heavy atom. The third kappa shape index (κ3) is 6.26. The summed E-state index contributed by atoms with van der Waals surface area (Å²) in [5.74, 6) is -1.18. The van der Waals surface area contributed by atoms with Crippen molar-refractivity contribution in [2.75, 3.05) is 6.61 Å². The summed E-state index contributed by atoms with van der Waals surface area (Å²) in [7, 11) is -3.94. The molecule has 1 aromatic rings. The predicted molar refractivity (Wildman–Crippen MR) is 99.3 cm³/mol. The summed E-state index contributed by atoms with van der Waals surface area (Å²) in [6.07, 6.45) is 0. The lowest BCUT2D eigenvalue weighted by Gasteiger charge is -2.30. The molecule has 1 rings (SSSR count). The Morgan fingerprint density at radius 1 is 1.15 bits per heavy atom. The topological polar surface area (TPSA) is 92.8 Å². The van der Waals surface area contributed by atoms with E-state index in [-0.39, 0.29) is 27.9 Å². The van der Waals surface area contributed by atoms with Gasteiger partial charge in [0.05, 0.1) is 4.90 Å². The highest BCUT2D eigenvalue weighted by Gasteiger charge is 2.26. The minimum absolute atomic E-state index is 0.0417. The summed E-state index contributed by atoms with van der Waals surface area (Å²) in [6, 6.07) is 4.43. The molecule has 0 fully saturated rings. The molecule has 0 saturated carbocycles.